The van der Waals surface area contributed by atoms with Crippen LogP contribution in [0, 0.1) is 10.1 Å². The molecule has 0 aliphatic carbocycles. The van der Waals surface area contributed by atoms with Crippen LogP contribution in [0.5, 0.6) is 0 Å². The summed E-state index contributed by atoms with van der Waals surface area (Å²) in [4.78, 5) is 27.8. The number of carbonyl (C=O) groups excluding carboxylic acids is 1. The molecule has 1 amide bonds. The lowest BCUT2D eigenvalue weighted by molar-refractivity contribution is -0.384. The average molecular weight is 412 g/mol. The minimum atomic E-state index is -0.497. The van der Waals surface area contributed by atoms with Gasteiger partial charge in [-0.25, -0.2) is 4.98 Å². The Morgan fingerprint density at radius 3 is 2.19 bits per heavy atom. The number of imidazole rings is 1. The van der Waals surface area contributed by atoms with Crippen LogP contribution in [0.3, 0.4) is 0 Å². The van der Waals surface area contributed by atoms with Crippen LogP contribution in [-0.2, 0) is 0 Å². The largest absolute Gasteiger partial charge is 0.351 e. The molecular formula is C24H20N4O3. The van der Waals surface area contributed by atoms with E-state index in [0.29, 0.717) is 12.2 Å². The number of aromatic nitrogens is 2. The van der Waals surface area contributed by atoms with Gasteiger partial charge in [0.1, 0.15) is 5.69 Å². The SMILES string of the molecule is O=C(NCC(c1ccccc1)c1ccccc1)c1ccc(-n2ccnc2)c([N+](=O)[O-])c1. The van der Waals surface area contributed by atoms with Gasteiger partial charge in [0.15, 0.2) is 0 Å². The lowest BCUT2D eigenvalue weighted by Crippen LogP contribution is -2.29. The molecule has 0 aliphatic rings. The highest BCUT2D eigenvalue weighted by atomic mass is 16.6. The number of amides is 1. The van der Waals surface area contributed by atoms with Crippen molar-refractivity contribution in [2.45, 2.75) is 5.92 Å². The zero-order valence-corrected chi connectivity index (χ0v) is 16.6. The Morgan fingerprint density at radius 2 is 1.65 bits per heavy atom. The molecule has 154 valence electrons. The van der Waals surface area contributed by atoms with Crippen LogP contribution in [0.15, 0.2) is 97.6 Å². The predicted molar refractivity (Wildman–Crippen MR) is 117 cm³/mol. The highest BCUT2D eigenvalue weighted by Crippen LogP contribution is 2.26. The normalized spacial score (nSPS) is 10.7. The standard InChI is InChI=1S/C24H20N4O3/c29-24(20-11-12-22(23(15-20)28(30)31)27-14-13-25-17-27)26-16-21(18-7-3-1-4-8-18)19-9-5-2-6-10-19/h1-15,17,21H,16H2,(H,26,29). The molecule has 0 spiro atoms. The Labute approximate surface area is 179 Å². The van der Waals surface area contributed by atoms with E-state index in [-0.39, 0.29) is 23.1 Å². The highest BCUT2D eigenvalue weighted by Gasteiger charge is 2.20. The number of nitrogens with zero attached hydrogens (tertiary/aromatic N) is 3. The highest BCUT2D eigenvalue weighted by molar-refractivity contribution is 5.95. The van der Waals surface area contributed by atoms with Gasteiger partial charge in [-0.05, 0) is 23.3 Å². The van der Waals surface area contributed by atoms with Crippen molar-refractivity contribution in [3.63, 3.8) is 0 Å². The fraction of sp³-hybridized carbons (Fsp3) is 0.0833. The molecule has 7 heteroatoms. The Bertz CT molecular complexity index is 1140. The lowest BCUT2D eigenvalue weighted by atomic mass is 9.91. The molecule has 31 heavy (non-hydrogen) atoms. The van der Waals surface area contributed by atoms with Crippen LogP contribution < -0.4 is 5.32 Å². The smallest absolute Gasteiger partial charge is 0.294 e. The fourth-order valence-corrected chi connectivity index (χ4v) is 3.53. The molecule has 0 unspecified atom stereocenters. The molecule has 0 bridgehead atoms. The van der Waals surface area contributed by atoms with E-state index in [9.17, 15) is 14.9 Å². The minimum absolute atomic E-state index is 0.0356. The number of nitrogens with one attached hydrogen (secondary N) is 1. The van der Waals surface area contributed by atoms with Gasteiger partial charge in [-0.3, -0.25) is 14.9 Å². The third-order valence-corrected chi connectivity index (χ3v) is 5.09. The Morgan fingerprint density at radius 1 is 1.00 bits per heavy atom. The van der Waals surface area contributed by atoms with Crippen molar-refractivity contribution in [1.29, 1.82) is 0 Å². The van der Waals surface area contributed by atoms with Gasteiger partial charge < -0.3 is 9.88 Å². The summed E-state index contributed by atoms with van der Waals surface area (Å²) in [6.07, 6.45) is 4.64. The van der Waals surface area contributed by atoms with E-state index >= 15 is 0 Å². The summed E-state index contributed by atoms with van der Waals surface area (Å²) in [5.41, 5.74) is 2.58. The molecule has 1 N–H and O–H groups in total. The molecule has 4 rings (SSSR count). The van der Waals surface area contributed by atoms with Gasteiger partial charge in [0.25, 0.3) is 11.6 Å². The quantitative estimate of drug-likeness (QED) is 0.361. The van der Waals surface area contributed by atoms with E-state index in [4.69, 9.17) is 0 Å². The first-order chi connectivity index (χ1) is 15.1. The van der Waals surface area contributed by atoms with Crippen LogP contribution in [0.4, 0.5) is 5.69 Å². The molecule has 0 saturated heterocycles. The number of rotatable bonds is 7. The van der Waals surface area contributed by atoms with Gasteiger partial charge in [0, 0.05) is 36.5 Å². The summed E-state index contributed by atoms with van der Waals surface area (Å²) in [6, 6.07) is 24.3. The lowest BCUT2D eigenvalue weighted by Gasteiger charge is -2.19. The minimum Gasteiger partial charge on any atom is -0.351 e. The monoisotopic (exact) mass is 412 g/mol. The number of nitro groups is 1. The molecule has 1 aromatic heterocycles. The maximum absolute atomic E-state index is 12.8. The zero-order valence-electron chi connectivity index (χ0n) is 16.6. The summed E-state index contributed by atoms with van der Waals surface area (Å²) in [6.45, 7) is 0.365. The van der Waals surface area contributed by atoms with Gasteiger partial charge in [0.05, 0.1) is 11.3 Å². The maximum atomic E-state index is 12.8. The fourth-order valence-electron chi connectivity index (χ4n) is 3.53. The van der Waals surface area contributed by atoms with Gasteiger partial charge in [-0.1, -0.05) is 60.7 Å². The van der Waals surface area contributed by atoms with Gasteiger partial charge in [-0.2, -0.15) is 0 Å². The second-order valence-electron chi connectivity index (χ2n) is 7.01. The molecular weight excluding hydrogens is 392 g/mol. The molecule has 0 fully saturated rings. The van der Waals surface area contributed by atoms with E-state index in [1.165, 1.54) is 18.6 Å². The van der Waals surface area contributed by atoms with Crippen molar-refractivity contribution < 1.29 is 9.72 Å². The first-order valence-corrected chi connectivity index (χ1v) is 9.78. The number of hydrogen-bond donors (Lipinski definition) is 1. The first kappa shape index (κ1) is 20.0. The van der Waals surface area contributed by atoms with Crippen molar-refractivity contribution in [3.05, 3.63) is 124 Å². The maximum Gasteiger partial charge on any atom is 0.294 e. The van der Waals surface area contributed by atoms with E-state index in [2.05, 4.69) is 10.3 Å². The number of carbonyl (C=O) groups is 1. The van der Waals surface area contributed by atoms with Crippen LogP contribution in [0.25, 0.3) is 5.69 Å². The summed E-state index contributed by atoms with van der Waals surface area (Å²) < 4.78 is 1.54. The molecule has 3 aromatic carbocycles. The second kappa shape index (κ2) is 9.04. The zero-order chi connectivity index (χ0) is 21.6. The summed E-state index contributed by atoms with van der Waals surface area (Å²) in [7, 11) is 0. The third kappa shape index (κ3) is 4.51. The summed E-state index contributed by atoms with van der Waals surface area (Å²) >= 11 is 0. The molecule has 0 saturated carbocycles. The molecule has 4 aromatic rings. The van der Waals surface area contributed by atoms with Crippen molar-refractivity contribution in [2.75, 3.05) is 6.54 Å². The predicted octanol–water partition coefficient (Wildman–Crippen LogP) is 4.34. The van der Waals surface area contributed by atoms with Crippen molar-refractivity contribution in [1.82, 2.24) is 14.9 Å². The van der Waals surface area contributed by atoms with E-state index in [1.54, 1.807) is 22.9 Å². The van der Waals surface area contributed by atoms with Crippen LogP contribution in [-0.4, -0.2) is 26.9 Å². The molecule has 0 aliphatic heterocycles. The Kier molecular flexibility index (Phi) is 5.84. The molecule has 0 atom stereocenters. The van der Waals surface area contributed by atoms with Crippen molar-refractivity contribution in [2.24, 2.45) is 0 Å². The van der Waals surface area contributed by atoms with Gasteiger partial charge in [-0.15, -0.1) is 0 Å². The van der Waals surface area contributed by atoms with Crippen molar-refractivity contribution >= 4 is 11.6 Å². The Hall–Kier alpha value is -4.26. The summed E-state index contributed by atoms with van der Waals surface area (Å²) in [5.74, 6) is -0.399. The van der Waals surface area contributed by atoms with Crippen LogP contribution in [0.2, 0.25) is 0 Å². The average Bonchev–Trinajstić information content (AvgIpc) is 3.35. The molecule has 7 nitrogen and oxygen atoms in total. The number of benzene rings is 3. The van der Waals surface area contributed by atoms with E-state index in [0.717, 1.165) is 11.1 Å². The Balaban J connectivity index is 1.57. The molecule has 0 radical (unpaired) electrons. The topological polar surface area (TPSA) is 90.1 Å². The van der Waals surface area contributed by atoms with E-state index in [1.807, 2.05) is 60.7 Å². The third-order valence-electron chi connectivity index (χ3n) is 5.09. The van der Waals surface area contributed by atoms with E-state index < -0.39 is 4.92 Å². The second-order valence-corrected chi connectivity index (χ2v) is 7.01. The first-order valence-electron chi connectivity index (χ1n) is 9.78. The van der Waals surface area contributed by atoms with Gasteiger partial charge in [0.2, 0.25) is 0 Å². The number of hydrogen-bond acceptors (Lipinski definition) is 4. The van der Waals surface area contributed by atoms with Gasteiger partial charge >= 0.3 is 0 Å². The van der Waals surface area contributed by atoms with Crippen LogP contribution >= 0.6 is 0 Å². The van der Waals surface area contributed by atoms with Crippen molar-refractivity contribution in [3.8, 4) is 5.69 Å². The summed E-state index contributed by atoms with van der Waals surface area (Å²) in [5, 5.41) is 14.5. The number of nitro benzene ring substituents is 1. The van der Waals surface area contributed by atoms with Crippen LogP contribution in [0.1, 0.15) is 27.4 Å². The molecule has 1 heterocycles.